The molecule has 2 aliphatic heterocycles. The maximum absolute atomic E-state index is 2.68. The number of aromatic nitrogens is 2. The molecular formula is C41H42N2+2. The van der Waals surface area contributed by atoms with Crippen molar-refractivity contribution in [2.24, 2.45) is 0 Å². The molecule has 4 heterocycles. The first-order valence-electron chi connectivity index (χ1n) is 16.1. The molecule has 0 fully saturated rings. The van der Waals surface area contributed by atoms with Gasteiger partial charge in [0.2, 0.25) is 22.6 Å². The number of fused-ring (bicyclic) bond motifs is 6. The summed E-state index contributed by atoms with van der Waals surface area (Å²) >= 11 is 0. The number of allylic oxidation sites excluding steroid dienone is 1. The van der Waals surface area contributed by atoms with Crippen molar-refractivity contribution < 1.29 is 9.13 Å². The van der Waals surface area contributed by atoms with Crippen molar-refractivity contribution in [3.8, 4) is 33.6 Å². The number of rotatable bonds is 6. The minimum Gasteiger partial charge on any atom is -0.186 e. The van der Waals surface area contributed by atoms with E-state index in [4.69, 9.17) is 0 Å². The molecule has 0 N–H and O–H groups in total. The van der Waals surface area contributed by atoms with Gasteiger partial charge in [-0.15, -0.1) is 0 Å². The maximum atomic E-state index is 2.68. The lowest BCUT2D eigenvalue weighted by molar-refractivity contribution is -0.747. The van der Waals surface area contributed by atoms with Crippen molar-refractivity contribution >= 4 is 11.3 Å². The van der Waals surface area contributed by atoms with E-state index in [9.17, 15) is 0 Å². The van der Waals surface area contributed by atoms with Crippen molar-refractivity contribution in [3.05, 3.63) is 131 Å². The molecule has 0 amide bonds. The third-order valence-electron chi connectivity index (χ3n) is 10.0. The van der Waals surface area contributed by atoms with Crippen LogP contribution in [0.5, 0.6) is 0 Å². The van der Waals surface area contributed by atoms with E-state index < -0.39 is 0 Å². The molecule has 0 spiro atoms. The van der Waals surface area contributed by atoms with Gasteiger partial charge in [-0.1, -0.05) is 81.8 Å². The highest BCUT2D eigenvalue weighted by Crippen LogP contribution is 2.50. The quantitative estimate of drug-likeness (QED) is 0.179. The third-order valence-corrected chi connectivity index (χ3v) is 10.0. The summed E-state index contributed by atoms with van der Waals surface area (Å²) < 4.78 is 5.20. The van der Waals surface area contributed by atoms with E-state index in [1.165, 1.54) is 85.7 Å². The Morgan fingerprint density at radius 3 is 2.12 bits per heavy atom. The van der Waals surface area contributed by atoms with E-state index in [1.807, 2.05) is 0 Å². The smallest absolute Gasteiger partial charge is 0.186 e. The minimum absolute atomic E-state index is 0.187. The maximum Gasteiger partial charge on any atom is 0.230 e. The monoisotopic (exact) mass is 562 g/mol. The first-order valence-corrected chi connectivity index (χ1v) is 16.1. The van der Waals surface area contributed by atoms with Crippen molar-refractivity contribution in [2.75, 3.05) is 0 Å². The molecule has 2 nitrogen and oxygen atoms in total. The Kier molecular flexibility index (Phi) is 6.89. The molecule has 0 bridgehead atoms. The molecule has 214 valence electrons. The first kappa shape index (κ1) is 27.5. The average Bonchev–Trinajstić information content (AvgIpc) is 3.35. The van der Waals surface area contributed by atoms with Crippen LogP contribution in [0.1, 0.15) is 74.4 Å². The highest BCUT2D eigenvalue weighted by Gasteiger charge is 2.54. The van der Waals surface area contributed by atoms with Crippen LogP contribution in [0.15, 0.2) is 103 Å². The Balaban J connectivity index is 1.63. The highest BCUT2D eigenvalue weighted by molar-refractivity contribution is 6.00. The zero-order chi connectivity index (χ0) is 29.7. The molecule has 0 atom stereocenters. The van der Waals surface area contributed by atoms with E-state index in [-0.39, 0.29) is 5.54 Å². The number of benzene rings is 3. The van der Waals surface area contributed by atoms with Crippen molar-refractivity contribution in [3.63, 3.8) is 0 Å². The van der Waals surface area contributed by atoms with E-state index >= 15 is 0 Å². The predicted octanol–water partition coefficient (Wildman–Crippen LogP) is 9.48. The van der Waals surface area contributed by atoms with Crippen LogP contribution < -0.4 is 9.13 Å². The fourth-order valence-corrected chi connectivity index (χ4v) is 7.85. The lowest BCUT2D eigenvalue weighted by Crippen LogP contribution is -2.62. The molecule has 2 aromatic heterocycles. The van der Waals surface area contributed by atoms with Crippen molar-refractivity contribution in [1.29, 1.82) is 0 Å². The summed E-state index contributed by atoms with van der Waals surface area (Å²) in [6, 6.07) is 36.5. The van der Waals surface area contributed by atoms with Gasteiger partial charge in [-0.3, -0.25) is 0 Å². The number of nitrogens with zero attached hydrogens (tertiary/aromatic N) is 2. The van der Waals surface area contributed by atoms with Crippen molar-refractivity contribution in [2.45, 2.75) is 72.3 Å². The second-order valence-corrected chi connectivity index (χ2v) is 12.4. The second-order valence-electron chi connectivity index (χ2n) is 12.4. The first-order chi connectivity index (χ1) is 21.0. The van der Waals surface area contributed by atoms with Gasteiger partial charge in [0, 0.05) is 49.1 Å². The molecule has 0 radical (unpaired) electrons. The zero-order valence-corrected chi connectivity index (χ0v) is 26.2. The molecule has 2 heteroatoms. The summed E-state index contributed by atoms with van der Waals surface area (Å²) in [7, 11) is 0. The lowest BCUT2D eigenvalue weighted by Gasteiger charge is -2.36. The zero-order valence-electron chi connectivity index (χ0n) is 26.2. The van der Waals surface area contributed by atoms with Crippen LogP contribution in [-0.4, -0.2) is 0 Å². The average molecular weight is 563 g/mol. The Morgan fingerprint density at radius 2 is 1.37 bits per heavy atom. The van der Waals surface area contributed by atoms with E-state index in [0.717, 1.165) is 19.3 Å². The van der Waals surface area contributed by atoms with Crippen LogP contribution in [0.4, 0.5) is 0 Å². The summed E-state index contributed by atoms with van der Waals surface area (Å²) in [4.78, 5) is 0. The lowest BCUT2D eigenvalue weighted by atomic mass is 9.72. The van der Waals surface area contributed by atoms with E-state index in [2.05, 4.69) is 147 Å². The van der Waals surface area contributed by atoms with Gasteiger partial charge in [-0.25, -0.2) is 0 Å². The predicted molar refractivity (Wildman–Crippen MR) is 178 cm³/mol. The molecule has 0 saturated carbocycles. The SMILES string of the molecule is CCCCc1ccc2c(c1)-c1cccc(C)[n+]1C(CC)(CC)C2=C1c2ccccc2-c2cc(C)c(-c3ccccc3)c[n+]21. The van der Waals surface area contributed by atoms with Crippen LogP contribution in [0.25, 0.3) is 44.9 Å². The normalized spacial score (nSPS) is 15.9. The topological polar surface area (TPSA) is 7.76 Å². The fourth-order valence-electron chi connectivity index (χ4n) is 7.85. The Hall–Kier alpha value is -4.30. The Bertz CT molecular complexity index is 1890. The van der Waals surface area contributed by atoms with Gasteiger partial charge in [0.1, 0.15) is 5.57 Å². The molecule has 0 saturated heterocycles. The summed E-state index contributed by atoms with van der Waals surface area (Å²) in [5.74, 6) is 0. The van der Waals surface area contributed by atoms with Gasteiger partial charge in [-0.05, 0) is 60.7 Å². The molecule has 43 heavy (non-hydrogen) atoms. The standard InChI is InChI=1S/C41H42N2/c1-6-9-17-30-23-24-33-35(26-30)37-22-15-16-29(5)43(37)41(7-2,8-3)39(33)40-34-21-14-13-20-32(34)38-25-28(4)36(27-42(38)40)31-18-11-10-12-19-31/h10-16,18-27H,6-9,17H2,1-5H3/q+2. The molecule has 3 aromatic carbocycles. The number of pyridine rings is 2. The number of hydrogen-bond donors (Lipinski definition) is 0. The second kappa shape index (κ2) is 10.8. The summed E-state index contributed by atoms with van der Waals surface area (Å²) in [6.45, 7) is 11.6. The number of unbranched alkanes of at least 4 members (excludes halogenated alkanes) is 1. The van der Waals surface area contributed by atoms with Crippen molar-refractivity contribution in [1.82, 2.24) is 0 Å². The van der Waals surface area contributed by atoms with Gasteiger partial charge < -0.3 is 0 Å². The molecule has 7 rings (SSSR count). The highest BCUT2D eigenvalue weighted by atomic mass is 15.1. The Labute approximate surface area is 257 Å². The molecule has 0 unspecified atom stereocenters. The van der Waals surface area contributed by atoms with E-state index in [1.54, 1.807) is 0 Å². The number of hydrogen-bond acceptors (Lipinski definition) is 0. The third kappa shape index (κ3) is 4.14. The van der Waals surface area contributed by atoms with Crippen LogP contribution in [0.2, 0.25) is 0 Å². The van der Waals surface area contributed by atoms with Crippen LogP contribution in [-0.2, 0) is 12.0 Å². The number of aryl methyl sites for hydroxylation is 3. The summed E-state index contributed by atoms with van der Waals surface area (Å²) in [5.41, 5.74) is 17.2. The molecule has 0 aliphatic carbocycles. The van der Waals surface area contributed by atoms with Gasteiger partial charge in [0.15, 0.2) is 11.9 Å². The minimum atomic E-state index is -0.187. The molecule has 2 aliphatic rings. The van der Waals surface area contributed by atoms with Gasteiger partial charge >= 0.3 is 0 Å². The summed E-state index contributed by atoms with van der Waals surface area (Å²) in [6.07, 6.45) is 7.97. The molecular weight excluding hydrogens is 520 g/mol. The Morgan fingerprint density at radius 1 is 0.628 bits per heavy atom. The van der Waals surface area contributed by atoms with E-state index in [0.29, 0.717) is 0 Å². The summed E-state index contributed by atoms with van der Waals surface area (Å²) in [5, 5.41) is 0. The largest absolute Gasteiger partial charge is 0.230 e. The van der Waals surface area contributed by atoms with Gasteiger partial charge in [-0.2, -0.15) is 9.13 Å². The van der Waals surface area contributed by atoms with Crippen LogP contribution in [0, 0.1) is 13.8 Å². The van der Waals surface area contributed by atoms with Gasteiger partial charge in [0.05, 0.1) is 16.7 Å². The fraction of sp³-hybridized carbons (Fsp3) is 0.268. The van der Waals surface area contributed by atoms with Gasteiger partial charge in [0.25, 0.3) is 0 Å². The molecule has 5 aromatic rings. The van der Waals surface area contributed by atoms with Crippen LogP contribution >= 0.6 is 0 Å². The van der Waals surface area contributed by atoms with Crippen LogP contribution in [0.3, 0.4) is 0 Å².